The number of hydrogen-bond acceptors (Lipinski definition) is 3. The average molecular weight is 405 g/mol. The molecule has 1 N–H and O–H groups in total. The Bertz CT molecular complexity index is 1120. The van der Waals surface area contributed by atoms with Crippen LogP contribution >= 0.6 is 0 Å². The number of likely N-dealkylation sites (N-methyl/N-ethyl adjacent to an activating group) is 1. The lowest BCUT2D eigenvalue weighted by Gasteiger charge is -2.18. The number of carbonyl (C=O) groups is 1. The maximum Gasteiger partial charge on any atom is 0.247 e. The Balaban J connectivity index is 1.77. The predicted octanol–water partition coefficient (Wildman–Crippen LogP) is 4.00. The van der Waals surface area contributed by atoms with Crippen molar-refractivity contribution in [3.05, 3.63) is 82.9 Å². The molecule has 6 heteroatoms. The quantitative estimate of drug-likeness (QED) is 0.653. The summed E-state index contributed by atoms with van der Waals surface area (Å²) in [6.07, 6.45) is 4.57. The second kappa shape index (κ2) is 8.14. The van der Waals surface area contributed by atoms with Gasteiger partial charge in [-0.1, -0.05) is 30.3 Å². The third-order valence-corrected chi connectivity index (χ3v) is 5.51. The second-order valence-electron chi connectivity index (χ2n) is 7.43. The van der Waals surface area contributed by atoms with Gasteiger partial charge < -0.3 is 14.6 Å². The summed E-state index contributed by atoms with van der Waals surface area (Å²) in [5.74, 6) is -0.239. The first kappa shape index (κ1) is 19.9. The SMILES string of the molecule is CNC(=O)C(=Cc1ccc(-n2cnc(C)c2)c(OC)c1)[C@H]1c2ccccc2C[C@@H]1F. The number of benzene rings is 2. The number of fused-ring (bicyclic) bond motifs is 1. The molecule has 4 rings (SSSR count). The van der Waals surface area contributed by atoms with E-state index >= 15 is 4.39 Å². The molecule has 0 bridgehead atoms. The highest BCUT2D eigenvalue weighted by Crippen LogP contribution is 2.41. The van der Waals surface area contributed by atoms with E-state index in [-0.39, 0.29) is 5.91 Å². The van der Waals surface area contributed by atoms with Gasteiger partial charge in [-0.2, -0.15) is 0 Å². The van der Waals surface area contributed by atoms with Crippen LogP contribution in [0.5, 0.6) is 5.75 Å². The zero-order chi connectivity index (χ0) is 21.3. The molecule has 1 aliphatic carbocycles. The molecule has 0 fully saturated rings. The summed E-state index contributed by atoms with van der Waals surface area (Å²) in [5, 5.41) is 2.66. The number of ether oxygens (including phenoxy) is 1. The summed E-state index contributed by atoms with van der Waals surface area (Å²) < 4.78 is 22.5. The minimum atomic E-state index is -1.14. The number of aryl methyl sites for hydroxylation is 1. The molecule has 0 unspecified atom stereocenters. The Kier molecular flexibility index (Phi) is 5.40. The number of imidazole rings is 1. The number of alkyl halides is 1. The highest BCUT2D eigenvalue weighted by Gasteiger charge is 2.37. The first-order valence-electron chi connectivity index (χ1n) is 9.86. The van der Waals surface area contributed by atoms with Gasteiger partial charge in [-0.05, 0) is 41.8 Å². The van der Waals surface area contributed by atoms with Crippen LogP contribution in [0.15, 0.2) is 60.6 Å². The van der Waals surface area contributed by atoms with Gasteiger partial charge in [0.2, 0.25) is 5.91 Å². The number of nitrogens with zero attached hydrogens (tertiary/aromatic N) is 2. The molecule has 2 atom stereocenters. The van der Waals surface area contributed by atoms with E-state index in [1.54, 1.807) is 26.6 Å². The minimum Gasteiger partial charge on any atom is -0.495 e. The summed E-state index contributed by atoms with van der Waals surface area (Å²) in [6, 6.07) is 13.3. The molecule has 1 amide bonds. The zero-order valence-electron chi connectivity index (χ0n) is 17.2. The Morgan fingerprint density at radius 2 is 2.10 bits per heavy atom. The van der Waals surface area contributed by atoms with Crippen LogP contribution in [0.2, 0.25) is 0 Å². The normalized spacial score (nSPS) is 18.2. The Hall–Kier alpha value is -3.41. The lowest BCUT2D eigenvalue weighted by molar-refractivity contribution is -0.117. The summed E-state index contributed by atoms with van der Waals surface area (Å²) in [5.41, 5.74) is 4.74. The van der Waals surface area contributed by atoms with E-state index in [0.29, 0.717) is 17.7 Å². The maximum atomic E-state index is 15.0. The van der Waals surface area contributed by atoms with Gasteiger partial charge in [0.1, 0.15) is 11.9 Å². The number of halogens is 1. The maximum absolute atomic E-state index is 15.0. The van der Waals surface area contributed by atoms with Crippen molar-refractivity contribution in [1.82, 2.24) is 14.9 Å². The van der Waals surface area contributed by atoms with Crippen LogP contribution < -0.4 is 10.1 Å². The number of methoxy groups -OCH3 is 1. The Morgan fingerprint density at radius 3 is 2.80 bits per heavy atom. The van der Waals surface area contributed by atoms with Crippen molar-refractivity contribution < 1.29 is 13.9 Å². The fourth-order valence-corrected chi connectivity index (χ4v) is 4.08. The third kappa shape index (κ3) is 3.61. The van der Waals surface area contributed by atoms with Crippen LogP contribution in [0.25, 0.3) is 11.8 Å². The van der Waals surface area contributed by atoms with Crippen molar-refractivity contribution in [3.63, 3.8) is 0 Å². The van der Waals surface area contributed by atoms with Crippen LogP contribution in [-0.4, -0.2) is 35.8 Å². The second-order valence-corrected chi connectivity index (χ2v) is 7.43. The van der Waals surface area contributed by atoms with E-state index in [0.717, 1.165) is 28.1 Å². The van der Waals surface area contributed by atoms with Crippen LogP contribution in [-0.2, 0) is 11.2 Å². The van der Waals surface area contributed by atoms with Gasteiger partial charge in [0.15, 0.2) is 0 Å². The Labute approximate surface area is 175 Å². The molecule has 1 aromatic heterocycles. The molecule has 1 aliphatic rings. The molecule has 0 saturated heterocycles. The highest BCUT2D eigenvalue weighted by molar-refractivity contribution is 5.99. The summed E-state index contributed by atoms with van der Waals surface area (Å²) >= 11 is 0. The van der Waals surface area contributed by atoms with E-state index in [9.17, 15) is 4.79 Å². The fourth-order valence-electron chi connectivity index (χ4n) is 4.08. The van der Waals surface area contributed by atoms with E-state index < -0.39 is 12.1 Å². The molecule has 154 valence electrons. The molecule has 0 spiro atoms. The first-order valence-corrected chi connectivity index (χ1v) is 9.86. The van der Waals surface area contributed by atoms with Gasteiger partial charge in [0.25, 0.3) is 0 Å². The summed E-state index contributed by atoms with van der Waals surface area (Å²) in [6.45, 7) is 1.92. The van der Waals surface area contributed by atoms with Crippen molar-refractivity contribution in [2.75, 3.05) is 14.2 Å². The van der Waals surface area contributed by atoms with Crippen molar-refractivity contribution in [2.45, 2.75) is 25.4 Å². The van der Waals surface area contributed by atoms with Crippen molar-refractivity contribution >= 4 is 12.0 Å². The number of amides is 1. The number of hydrogen-bond donors (Lipinski definition) is 1. The number of rotatable bonds is 5. The molecular weight excluding hydrogens is 381 g/mol. The fraction of sp³-hybridized carbons (Fsp3) is 0.250. The molecule has 30 heavy (non-hydrogen) atoms. The largest absolute Gasteiger partial charge is 0.495 e. The van der Waals surface area contributed by atoms with E-state index in [1.165, 1.54) is 0 Å². The monoisotopic (exact) mass is 405 g/mol. The topological polar surface area (TPSA) is 56.2 Å². The summed E-state index contributed by atoms with van der Waals surface area (Å²) in [4.78, 5) is 17.0. The number of nitrogens with one attached hydrogen (secondary N) is 1. The Morgan fingerprint density at radius 1 is 1.30 bits per heavy atom. The molecule has 5 nitrogen and oxygen atoms in total. The van der Waals surface area contributed by atoms with Crippen LogP contribution in [0.1, 0.15) is 28.3 Å². The average Bonchev–Trinajstić information content (AvgIpc) is 3.33. The van der Waals surface area contributed by atoms with Crippen LogP contribution in [0, 0.1) is 6.92 Å². The van der Waals surface area contributed by atoms with Crippen LogP contribution in [0.3, 0.4) is 0 Å². The van der Waals surface area contributed by atoms with E-state index in [1.807, 2.05) is 60.2 Å². The molecular formula is C24H24FN3O2. The standard InChI is InChI=1S/C24H24FN3O2/c1-15-13-28(14-27-15)21-9-8-16(11-22(21)30-3)10-19(24(29)26-2)23-18-7-5-4-6-17(18)12-20(23)25/h4-11,13-14,20,23H,12H2,1-3H3,(H,26,29)/t20-,23+/m0/s1. The van der Waals surface area contributed by atoms with Crippen molar-refractivity contribution in [3.8, 4) is 11.4 Å². The molecule has 1 heterocycles. The van der Waals surface area contributed by atoms with Gasteiger partial charge in [-0.15, -0.1) is 0 Å². The van der Waals surface area contributed by atoms with Gasteiger partial charge in [0, 0.05) is 31.2 Å². The van der Waals surface area contributed by atoms with Crippen molar-refractivity contribution in [2.24, 2.45) is 0 Å². The molecule has 0 radical (unpaired) electrons. The lowest BCUT2D eigenvalue weighted by atomic mass is 9.89. The summed E-state index contributed by atoms with van der Waals surface area (Å²) in [7, 11) is 3.16. The van der Waals surface area contributed by atoms with Gasteiger partial charge in [-0.25, -0.2) is 9.37 Å². The van der Waals surface area contributed by atoms with Gasteiger partial charge in [-0.3, -0.25) is 4.79 Å². The first-order chi connectivity index (χ1) is 14.5. The predicted molar refractivity (Wildman–Crippen MR) is 115 cm³/mol. The van der Waals surface area contributed by atoms with Crippen LogP contribution in [0.4, 0.5) is 4.39 Å². The lowest BCUT2D eigenvalue weighted by Crippen LogP contribution is -2.26. The van der Waals surface area contributed by atoms with Gasteiger partial charge >= 0.3 is 0 Å². The minimum absolute atomic E-state index is 0.285. The molecule has 3 aromatic rings. The van der Waals surface area contributed by atoms with Crippen molar-refractivity contribution in [1.29, 1.82) is 0 Å². The zero-order valence-corrected chi connectivity index (χ0v) is 17.2. The number of carbonyl (C=O) groups excluding carboxylic acids is 1. The highest BCUT2D eigenvalue weighted by atomic mass is 19.1. The van der Waals surface area contributed by atoms with E-state index in [4.69, 9.17) is 4.74 Å². The number of aromatic nitrogens is 2. The molecule has 0 saturated carbocycles. The van der Waals surface area contributed by atoms with E-state index in [2.05, 4.69) is 10.3 Å². The smallest absolute Gasteiger partial charge is 0.247 e. The molecule has 0 aliphatic heterocycles. The van der Waals surface area contributed by atoms with Gasteiger partial charge in [0.05, 0.1) is 24.8 Å². The third-order valence-electron chi connectivity index (χ3n) is 5.51. The molecule has 2 aromatic carbocycles.